The van der Waals surface area contributed by atoms with E-state index in [1.54, 1.807) is 0 Å². The van der Waals surface area contributed by atoms with Gasteiger partial charge in [0.25, 0.3) is 0 Å². The summed E-state index contributed by atoms with van der Waals surface area (Å²) in [6, 6.07) is 8.18. The van der Waals surface area contributed by atoms with Gasteiger partial charge >= 0.3 is 0 Å². The predicted molar refractivity (Wildman–Crippen MR) is 58.8 cm³/mol. The SMILES string of the molecule is CCC(C)(CC)c1ccccc1N. The molecule has 72 valence electrons. The molecule has 0 heterocycles. The van der Waals surface area contributed by atoms with Crippen LogP contribution in [0.1, 0.15) is 39.2 Å². The van der Waals surface area contributed by atoms with E-state index in [4.69, 9.17) is 5.73 Å². The van der Waals surface area contributed by atoms with Crippen molar-refractivity contribution in [2.45, 2.75) is 39.0 Å². The maximum atomic E-state index is 5.96. The first-order chi connectivity index (χ1) is 6.14. The van der Waals surface area contributed by atoms with Crippen molar-refractivity contribution < 1.29 is 0 Å². The van der Waals surface area contributed by atoms with Crippen LogP contribution >= 0.6 is 0 Å². The molecule has 0 fully saturated rings. The smallest absolute Gasteiger partial charge is 0.0352 e. The fraction of sp³-hybridized carbons (Fsp3) is 0.500. The van der Waals surface area contributed by atoms with Gasteiger partial charge in [0, 0.05) is 5.69 Å². The van der Waals surface area contributed by atoms with Crippen LogP contribution in [0.15, 0.2) is 24.3 Å². The van der Waals surface area contributed by atoms with E-state index in [1.807, 2.05) is 12.1 Å². The third-order valence-corrected chi connectivity index (χ3v) is 3.17. The highest BCUT2D eigenvalue weighted by Gasteiger charge is 2.23. The number of para-hydroxylation sites is 1. The Morgan fingerprint density at radius 2 is 1.69 bits per heavy atom. The van der Waals surface area contributed by atoms with Crippen molar-refractivity contribution in [2.75, 3.05) is 5.73 Å². The topological polar surface area (TPSA) is 26.0 Å². The molecule has 0 aromatic heterocycles. The molecule has 0 atom stereocenters. The third kappa shape index (κ3) is 1.85. The van der Waals surface area contributed by atoms with Crippen LogP contribution in [-0.2, 0) is 5.41 Å². The number of hydrogen-bond donors (Lipinski definition) is 1. The van der Waals surface area contributed by atoms with Crippen LogP contribution in [-0.4, -0.2) is 0 Å². The molecule has 0 bridgehead atoms. The molecule has 0 amide bonds. The molecule has 1 aromatic carbocycles. The van der Waals surface area contributed by atoms with E-state index < -0.39 is 0 Å². The average molecular weight is 177 g/mol. The van der Waals surface area contributed by atoms with E-state index in [2.05, 4.69) is 32.9 Å². The summed E-state index contributed by atoms with van der Waals surface area (Å²) >= 11 is 0. The molecule has 0 spiro atoms. The quantitative estimate of drug-likeness (QED) is 0.704. The lowest BCUT2D eigenvalue weighted by molar-refractivity contribution is 0.440. The summed E-state index contributed by atoms with van der Waals surface area (Å²) in [4.78, 5) is 0. The summed E-state index contributed by atoms with van der Waals surface area (Å²) in [6.07, 6.45) is 2.27. The summed E-state index contributed by atoms with van der Waals surface area (Å²) in [5.41, 5.74) is 8.42. The van der Waals surface area contributed by atoms with E-state index in [0.717, 1.165) is 18.5 Å². The van der Waals surface area contributed by atoms with Crippen molar-refractivity contribution in [1.82, 2.24) is 0 Å². The van der Waals surface area contributed by atoms with E-state index in [1.165, 1.54) is 5.56 Å². The van der Waals surface area contributed by atoms with Crippen LogP contribution in [0.4, 0.5) is 5.69 Å². The van der Waals surface area contributed by atoms with Gasteiger partial charge in [-0.25, -0.2) is 0 Å². The second-order valence-electron chi connectivity index (χ2n) is 3.86. The molecule has 2 N–H and O–H groups in total. The lowest BCUT2D eigenvalue weighted by Gasteiger charge is -2.28. The number of anilines is 1. The van der Waals surface area contributed by atoms with Crippen LogP contribution in [0.5, 0.6) is 0 Å². The van der Waals surface area contributed by atoms with Crippen molar-refractivity contribution in [3.8, 4) is 0 Å². The molecule has 1 aromatic rings. The zero-order valence-electron chi connectivity index (χ0n) is 8.80. The van der Waals surface area contributed by atoms with Gasteiger partial charge in [0.1, 0.15) is 0 Å². The highest BCUT2D eigenvalue weighted by atomic mass is 14.6. The maximum absolute atomic E-state index is 5.96. The summed E-state index contributed by atoms with van der Waals surface area (Å²) in [6.45, 7) is 6.71. The largest absolute Gasteiger partial charge is 0.398 e. The first-order valence-electron chi connectivity index (χ1n) is 4.99. The third-order valence-electron chi connectivity index (χ3n) is 3.17. The second-order valence-corrected chi connectivity index (χ2v) is 3.86. The molecule has 0 saturated heterocycles. The van der Waals surface area contributed by atoms with Crippen molar-refractivity contribution in [2.24, 2.45) is 0 Å². The number of benzene rings is 1. The van der Waals surface area contributed by atoms with E-state index in [9.17, 15) is 0 Å². The monoisotopic (exact) mass is 177 g/mol. The van der Waals surface area contributed by atoms with Crippen LogP contribution in [0.25, 0.3) is 0 Å². The maximum Gasteiger partial charge on any atom is 0.0352 e. The van der Waals surface area contributed by atoms with Crippen LogP contribution in [0, 0.1) is 0 Å². The molecular weight excluding hydrogens is 158 g/mol. The lowest BCUT2D eigenvalue weighted by Crippen LogP contribution is -2.21. The predicted octanol–water partition coefficient (Wildman–Crippen LogP) is 3.35. The Kier molecular flexibility index (Phi) is 2.97. The summed E-state index contributed by atoms with van der Waals surface area (Å²) in [5, 5.41) is 0. The van der Waals surface area contributed by atoms with E-state index >= 15 is 0 Å². The zero-order chi connectivity index (χ0) is 9.90. The highest BCUT2D eigenvalue weighted by Crippen LogP contribution is 2.34. The van der Waals surface area contributed by atoms with Crippen molar-refractivity contribution in [3.05, 3.63) is 29.8 Å². The van der Waals surface area contributed by atoms with Gasteiger partial charge in [-0.3, -0.25) is 0 Å². The Hall–Kier alpha value is -0.980. The molecule has 1 rings (SSSR count). The summed E-state index contributed by atoms with van der Waals surface area (Å²) in [5.74, 6) is 0. The van der Waals surface area contributed by atoms with Crippen LogP contribution in [0.3, 0.4) is 0 Å². The minimum Gasteiger partial charge on any atom is -0.398 e. The fourth-order valence-corrected chi connectivity index (χ4v) is 1.68. The van der Waals surface area contributed by atoms with Gasteiger partial charge in [0.15, 0.2) is 0 Å². The Morgan fingerprint density at radius 3 is 2.15 bits per heavy atom. The Bertz CT molecular complexity index is 274. The molecule has 1 nitrogen and oxygen atoms in total. The molecule has 1 heteroatoms. The molecule has 0 aliphatic rings. The van der Waals surface area contributed by atoms with Gasteiger partial charge in [-0.2, -0.15) is 0 Å². The van der Waals surface area contributed by atoms with Crippen molar-refractivity contribution in [1.29, 1.82) is 0 Å². The van der Waals surface area contributed by atoms with E-state index in [-0.39, 0.29) is 5.41 Å². The standard InChI is InChI=1S/C12H19N/c1-4-12(3,5-2)10-8-6-7-9-11(10)13/h6-9H,4-5,13H2,1-3H3. The molecule has 0 unspecified atom stereocenters. The van der Waals surface area contributed by atoms with E-state index in [0.29, 0.717) is 0 Å². The Labute approximate surface area is 81.0 Å². The van der Waals surface area contributed by atoms with Crippen LogP contribution < -0.4 is 5.73 Å². The van der Waals surface area contributed by atoms with Gasteiger partial charge in [0.05, 0.1) is 0 Å². The van der Waals surface area contributed by atoms with Gasteiger partial charge in [-0.05, 0) is 29.9 Å². The Morgan fingerprint density at radius 1 is 1.15 bits per heavy atom. The normalized spacial score (nSPS) is 11.6. The van der Waals surface area contributed by atoms with Crippen molar-refractivity contribution in [3.63, 3.8) is 0 Å². The highest BCUT2D eigenvalue weighted by molar-refractivity contribution is 5.50. The first-order valence-corrected chi connectivity index (χ1v) is 4.99. The molecule has 0 aliphatic carbocycles. The number of nitrogens with two attached hydrogens (primary N) is 1. The Balaban J connectivity index is 3.12. The molecule has 0 aliphatic heterocycles. The van der Waals surface area contributed by atoms with Gasteiger partial charge in [-0.1, -0.05) is 39.0 Å². The number of hydrogen-bond acceptors (Lipinski definition) is 1. The summed E-state index contributed by atoms with van der Waals surface area (Å²) in [7, 11) is 0. The molecule has 0 radical (unpaired) electrons. The first kappa shape index (κ1) is 10.1. The number of rotatable bonds is 3. The molecule has 0 saturated carbocycles. The van der Waals surface area contributed by atoms with Crippen LogP contribution in [0.2, 0.25) is 0 Å². The lowest BCUT2D eigenvalue weighted by atomic mass is 9.77. The fourth-order valence-electron chi connectivity index (χ4n) is 1.68. The van der Waals surface area contributed by atoms with Crippen molar-refractivity contribution >= 4 is 5.69 Å². The van der Waals surface area contributed by atoms with Gasteiger partial charge in [0.2, 0.25) is 0 Å². The average Bonchev–Trinajstić information content (AvgIpc) is 2.17. The molecule has 13 heavy (non-hydrogen) atoms. The van der Waals surface area contributed by atoms with Gasteiger partial charge in [-0.15, -0.1) is 0 Å². The minimum atomic E-state index is 0.241. The zero-order valence-corrected chi connectivity index (χ0v) is 8.80. The second kappa shape index (κ2) is 3.82. The van der Waals surface area contributed by atoms with Gasteiger partial charge < -0.3 is 5.73 Å². The number of nitrogen functional groups attached to an aromatic ring is 1. The minimum absolute atomic E-state index is 0.241. The summed E-state index contributed by atoms with van der Waals surface area (Å²) < 4.78 is 0. The molecular formula is C12H19N.